The largest absolute Gasteiger partial charge is 0.402 e. The topological polar surface area (TPSA) is 73.7 Å². The number of nitrogens with two attached hydrogens (primary N) is 1. The number of likely N-dealkylation sites (tertiary alicyclic amines) is 1. The normalized spacial score (nSPS) is 18.1. The Morgan fingerprint density at radius 3 is 2.77 bits per heavy atom. The van der Waals surface area contributed by atoms with Crippen molar-refractivity contribution in [2.24, 2.45) is 11.7 Å². The Kier molecular flexibility index (Phi) is 7.95. The van der Waals surface area contributed by atoms with E-state index < -0.39 is 5.92 Å². The molecule has 0 unspecified atom stereocenters. The molecule has 1 aliphatic carbocycles. The van der Waals surface area contributed by atoms with Crippen LogP contribution in [0.15, 0.2) is 96.8 Å². The van der Waals surface area contributed by atoms with Crippen LogP contribution in [0.4, 0.5) is 13.2 Å². The summed E-state index contributed by atoms with van der Waals surface area (Å²) in [6.07, 6.45) is 10.3. The van der Waals surface area contributed by atoms with Gasteiger partial charge in [0.05, 0.1) is 17.8 Å². The third-order valence-corrected chi connectivity index (χ3v) is 8.26. The highest BCUT2D eigenvalue weighted by molar-refractivity contribution is 5.96. The standard InChI is InChI=1S/C36H36F3N5/c1-4-22(2)14-26(15-23(3)20-44-13-12-36(38,39)21-44)24-8-11-32-31(17-24)35(43-42-32)34-19-30-29(25-6-5-7-27(37)16-25)10-9-28(40)18-33(30)41-34/h4-11,14-17,19,22,41H,1,12-13,18,20-21,40H2,2-3H3,(H,42,43)/b23-15+,26-14+/t22-/m0/s1. The number of H-pyrrole nitrogens is 2. The SMILES string of the molecule is C=C[C@H](C)/C=C(\C=C(/C)CN1CCC(F)(F)C1)c1ccc2[nH]nc(-c3cc4c([nH]3)CC(N)=CC=C4c3cccc(F)c3)c2c1. The van der Waals surface area contributed by atoms with E-state index in [4.69, 9.17) is 5.73 Å². The van der Waals surface area contributed by atoms with Gasteiger partial charge in [0, 0.05) is 48.3 Å². The van der Waals surface area contributed by atoms with Crippen LogP contribution in [-0.2, 0) is 6.42 Å². The fourth-order valence-electron chi connectivity index (χ4n) is 6.04. The number of benzene rings is 2. The van der Waals surface area contributed by atoms with Crippen molar-refractivity contribution < 1.29 is 13.2 Å². The third kappa shape index (κ3) is 6.21. The maximum absolute atomic E-state index is 14.2. The Hall–Kier alpha value is -4.56. The van der Waals surface area contributed by atoms with E-state index in [1.165, 1.54) is 12.1 Å². The molecule has 0 spiro atoms. The molecule has 226 valence electrons. The predicted octanol–water partition coefficient (Wildman–Crippen LogP) is 8.02. The smallest absolute Gasteiger partial charge is 0.261 e. The summed E-state index contributed by atoms with van der Waals surface area (Å²) in [5.41, 5.74) is 16.0. The molecule has 1 aliphatic heterocycles. The maximum atomic E-state index is 14.2. The second-order valence-electron chi connectivity index (χ2n) is 11.9. The van der Waals surface area contributed by atoms with Crippen molar-refractivity contribution in [3.05, 3.63) is 125 Å². The van der Waals surface area contributed by atoms with Gasteiger partial charge in [0.15, 0.2) is 0 Å². The highest BCUT2D eigenvalue weighted by atomic mass is 19.3. The zero-order chi connectivity index (χ0) is 31.0. The van der Waals surface area contributed by atoms with Crippen molar-refractivity contribution in [3.63, 3.8) is 0 Å². The molecule has 4 aromatic rings. The number of hydrogen-bond acceptors (Lipinski definition) is 3. The summed E-state index contributed by atoms with van der Waals surface area (Å²) in [6, 6.07) is 14.7. The number of fused-ring (bicyclic) bond motifs is 2. The van der Waals surface area contributed by atoms with E-state index in [-0.39, 0.29) is 24.7 Å². The Morgan fingerprint density at radius 1 is 1.18 bits per heavy atom. The van der Waals surface area contributed by atoms with Crippen LogP contribution in [0.3, 0.4) is 0 Å². The molecule has 0 saturated carbocycles. The highest BCUT2D eigenvalue weighted by Gasteiger charge is 2.37. The molecule has 6 rings (SSSR count). The van der Waals surface area contributed by atoms with Crippen molar-refractivity contribution >= 4 is 22.0 Å². The Balaban J connectivity index is 1.38. The lowest BCUT2D eigenvalue weighted by Crippen LogP contribution is -2.26. The number of halogens is 3. The third-order valence-electron chi connectivity index (χ3n) is 8.26. The van der Waals surface area contributed by atoms with Gasteiger partial charge in [-0.2, -0.15) is 5.10 Å². The van der Waals surface area contributed by atoms with Gasteiger partial charge in [-0.25, -0.2) is 13.2 Å². The molecule has 1 atom stereocenters. The highest BCUT2D eigenvalue weighted by Crippen LogP contribution is 2.36. The van der Waals surface area contributed by atoms with Crippen molar-refractivity contribution in [3.8, 4) is 11.4 Å². The van der Waals surface area contributed by atoms with Gasteiger partial charge >= 0.3 is 0 Å². The van der Waals surface area contributed by atoms with Gasteiger partial charge < -0.3 is 10.7 Å². The number of alkyl halides is 2. The number of hydrogen-bond donors (Lipinski definition) is 3. The van der Waals surface area contributed by atoms with E-state index in [1.54, 1.807) is 6.07 Å². The number of nitrogens with one attached hydrogen (secondary N) is 2. The van der Waals surface area contributed by atoms with Gasteiger partial charge in [-0.3, -0.25) is 10.00 Å². The molecular formula is C36H36F3N5. The van der Waals surface area contributed by atoms with Crippen LogP contribution in [-0.4, -0.2) is 45.6 Å². The summed E-state index contributed by atoms with van der Waals surface area (Å²) in [5, 5.41) is 8.76. The van der Waals surface area contributed by atoms with Crippen LogP contribution in [0.1, 0.15) is 42.7 Å². The van der Waals surface area contributed by atoms with E-state index >= 15 is 0 Å². The van der Waals surface area contributed by atoms with Crippen LogP contribution in [0.2, 0.25) is 0 Å². The van der Waals surface area contributed by atoms with Gasteiger partial charge in [-0.1, -0.05) is 55.0 Å². The average Bonchev–Trinajstić information content (AvgIpc) is 3.66. The van der Waals surface area contributed by atoms with Gasteiger partial charge in [-0.15, -0.1) is 6.58 Å². The number of rotatable bonds is 8. The molecule has 2 aliphatic rings. The molecular weight excluding hydrogens is 559 g/mol. The second-order valence-corrected chi connectivity index (χ2v) is 11.9. The van der Waals surface area contributed by atoms with E-state index in [0.717, 1.165) is 61.4 Å². The molecule has 0 amide bonds. The fourth-order valence-corrected chi connectivity index (χ4v) is 6.04. The average molecular weight is 596 g/mol. The Bertz CT molecular complexity index is 1850. The first kappa shape index (κ1) is 29.5. The molecule has 0 radical (unpaired) electrons. The summed E-state index contributed by atoms with van der Waals surface area (Å²) >= 11 is 0. The summed E-state index contributed by atoms with van der Waals surface area (Å²) in [7, 11) is 0. The second kappa shape index (κ2) is 11.8. The molecule has 1 fully saturated rings. The Labute approximate surface area is 255 Å². The zero-order valence-corrected chi connectivity index (χ0v) is 24.9. The summed E-state index contributed by atoms with van der Waals surface area (Å²) in [6.45, 7) is 8.67. The van der Waals surface area contributed by atoms with Crippen LogP contribution >= 0.6 is 0 Å². The predicted molar refractivity (Wildman–Crippen MR) is 172 cm³/mol. The molecule has 2 aromatic heterocycles. The summed E-state index contributed by atoms with van der Waals surface area (Å²) < 4.78 is 41.8. The number of aromatic amines is 2. The zero-order valence-electron chi connectivity index (χ0n) is 24.9. The lowest BCUT2D eigenvalue weighted by Gasteiger charge is -2.16. The molecule has 3 heterocycles. The fraction of sp³-hybridized carbons (Fsp3) is 0.250. The quantitative estimate of drug-likeness (QED) is 0.143. The molecule has 1 saturated heterocycles. The van der Waals surface area contributed by atoms with Crippen LogP contribution in [0, 0.1) is 11.7 Å². The molecule has 8 heteroatoms. The first-order chi connectivity index (χ1) is 21.1. The monoisotopic (exact) mass is 595 g/mol. The number of aromatic nitrogens is 3. The van der Waals surface area contributed by atoms with Crippen molar-refractivity contribution in [2.45, 2.75) is 32.6 Å². The molecule has 44 heavy (non-hydrogen) atoms. The molecule has 0 bridgehead atoms. The van der Waals surface area contributed by atoms with E-state index in [0.29, 0.717) is 25.2 Å². The van der Waals surface area contributed by atoms with Gasteiger partial charge in [0.2, 0.25) is 0 Å². The molecule has 2 aromatic carbocycles. The van der Waals surface area contributed by atoms with Crippen molar-refractivity contribution in [1.29, 1.82) is 0 Å². The van der Waals surface area contributed by atoms with Gasteiger partial charge in [0.1, 0.15) is 11.5 Å². The van der Waals surface area contributed by atoms with Crippen molar-refractivity contribution in [2.75, 3.05) is 19.6 Å². The van der Waals surface area contributed by atoms with E-state index in [2.05, 4.69) is 46.9 Å². The minimum atomic E-state index is -2.62. The van der Waals surface area contributed by atoms with Gasteiger partial charge in [0.25, 0.3) is 5.92 Å². The first-order valence-electron chi connectivity index (χ1n) is 14.8. The Morgan fingerprint density at radius 2 is 2.02 bits per heavy atom. The summed E-state index contributed by atoms with van der Waals surface area (Å²) in [5.74, 6) is -2.81. The molecule has 5 nitrogen and oxygen atoms in total. The van der Waals surface area contributed by atoms with Crippen LogP contribution in [0.25, 0.3) is 33.4 Å². The minimum Gasteiger partial charge on any atom is -0.402 e. The minimum absolute atomic E-state index is 0.0962. The van der Waals surface area contributed by atoms with Crippen LogP contribution in [0.5, 0.6) is 0 Å². The first-order valence-corrected chi connectivity index (χ1v) is 14.8. The lowest BCUT2D eigenvalue weighted by atomic mass is 9.96. The lowest BCUT2D eigenvalue weighted by molar-refractivity contribution is 0.0131. The number of allylic oxidation sites excluding steroid dienone is 7. The number of nitrogens with zero attached hydrogens (tertiary/aromatic N) is 2. The van der Waals surface area contributed by atoms with E-state index in [1.807, 2.05) is 54.3 Å². The van der Waals surface area contributed by atoms with Crippen LogP contribution < -0.4 is 5.73 Å². The van der Waals surface area contributed by atoms with Crippen molar-refractivity contribution in [1.82, 2.24) is 20.1 Å². The molecule has 4 N–H and O–H groups in total. The summed E-state index contributed by atoms with van der Waals surface area (Å²) in [4.78, 5) is 5.34. The van der Waals surface area contributed by atoms with Gasteiger partial charge in [-0.05, 0) is 71.5 Å². The maximum Gasteiger partial charge on any atom is 0.261 e. The van der Waals surface area contributed by atoms with E-state index in [9.17, 15) is 13.2 Å².